The smallest absolute Gasteiger partial charge is 0.216 e. The quantitative estimate of drug-likeness (QED) is 0.526. The van der Waals surface area contributed by atoms with E-state index in [1.165, 1.54) is 51.4 Å². The molecule has 0 aromatic carbocycles. The number of carbonyl (C=O) groups is 1. The molecule has 3 nitrogen and oxygen atoms in total. The van der Waals surface area contributed by atoms with Crippen LogP contribution in [0.4, 0.5) is 0 Å². The lowest BCUT2D eigenvalue weighted by molar-refractivity contribution is -0.118. The fourth-order valence-corrected chi connectivity index (χ4v) is 2.14. The van der Waals surface area contributed by atoms with E-state index in [2.05, 4.69) is 24.5 Å². The van der Waals surface area contributed by atoms with E-state index in [0.29, 0.717) is 6.04 Å². The third-order valence-electron chi connectivity index (χ3n) is 3.24. The molecule has 0 rings (SSSR count). The van der Waals surface area contributed by atoms with Gasteiger partial charge in [0.05, 0.1) is 0 Å². The number of hydrogen-bond acceptors (Lipinski definition) is 2. The van der Waals surface area contributed by atoms with Gasteiger partial charge in [0.1, 0.15) is 0 Å². The van der Waals surface area contributed by atoms with Gasteiger partial charge in [-0.3, -0.25) is 4.79 Å². The second-order valence-corrected chi connectivity index (χ2v) is 5.13. The molecule has 0 atom stereocenters. The Morgan fingerprint density at radius 1 is 0.944 bits per heavy atom. The van der Waals surface area contributed by atoms with E-state index in [0.717, 1.165) is 13.1 Å². The molecule has 0 unspecified atom stereocenters. The van der Waals surface area contributed by atoms with Gasteiger partial charge in [0, 0.05) is 26.1 Å². The summed E-state index contributed by atoms with van der Waals surface area (Å²) < 4.78 is 0. The number of nitrogens with one attached hydrogen (secondary N) is 2. The average Bonchev–Trinajstić information content (AvgIpc) is 2.34. The predicted molar refractivity (Wildman–Crippen MR) is 78.8 cm³/mol. The van der Waals surface area contributed by atoms with Crippen molar-refractivity contribution in [1.29, 1.82) is 0 Å². The van der Waals surface area contributed by atoms with Crippen LogP contribution in [0.2, 0.25) is 0 Å². The Morgan fingerprint density at radius 3 is 1.94 bits per heavy atom. The SMILES string of the molecule is CCCCCC(CCCCC)NCCNC(C)=O. The van der Waals surface area contributed by atoms with Crippen molar-refractivity contribution >= 4 is 5.91 Å². The zero-order valence-corrected chi connectivity index (χ0v) is 12.6. The summed E-state index contributed by atoms with van der Waals surface area (Å²) in [5.41, 5.74) is 0. The summed E-state index contributed by atoms with van der Waals surface area (Å²) in [6, 6.07) is 0.636. The van der Waals surface area contributed by atoms with Gasteiger partial charge in [-0.25, -0.2) is 0 Å². The fourth-order valence-electron chi connectivity index (χ4n) is 2.14. The van der Waals surface area contributed by atoms with Gasteiger partial charge < -0.3 is 10.6 Å². The van der Waals surface area contributed by atoms with Crippen molar-refractivity contribution in [2.75, 3.05) is 13.1 Å². The van der Waals surface area contributed by atoms with E-state index < -0.39 is 0 Å². The molecule has 18 heavy (non-hydrogen) atoms. The molecule has 0 aromatic heterocycles. The first-order valence-corrected chi connectivity index (χ1v) is 7.68. The summed E-state index contributed by atoms with van der Waals surface area (Å²) in [4.78, 5) is 10.8. The lowest BCUT2D eigenvalue weighted by atomic mass is 10.0. The Hall–Kier alpha value is -0.570. The third kappa shape index (κ3) is 11.9. The Balaban J connectivity index is 3.69. The summed E-state index contributed by atoms with van der Waals surface area (Å²) in [6.07, 6.45) is 10.4. The lowest BCUT2D eigenvalue weighted by Crippen LogP contribution is -2.36. The van der Waals surface area contributed by atoms with E-state index in [4.69, 9.17) is 0 Å². The number of unbranched alkanes of at least 4 members (excludes halogenated alkanes) is 4. The Bertz CT molecular complexity index is 185. The highest BCUT2D eigenvalue weighted by molar-refractivity contribution is 5.72. The molecule has 2 N–H and O–H groups in total. The van der Waals surface area contributed by atoms with Crippen LogP contribution in [0.3, 0.4) is 0 Å². The molecule has 0 aliphatic heterocycles. The molecular formula is C15H32N2O. The Morgan fingerprint density at radius 2 is 1.50 bits per heavy atom. The maximum Gasteiger partial charge on any atom is 0.216 e. The molecule has 0 radical (unpaired) electrons. The molecule has 0 aromatic rings. The van der Waals surface area contributed by atoms with Gasteiger partial charge in [0.25, 0.3) is 0 Å². The highest BCUT2D eigenvalue weighted by Gasteiger charge is 2.07. The van der Waals surface area contributed by atoms with E-state index in [-0.39, 0.29) is 5.91 Å². The molecule has 0 saturated carbocycles. The monoisotopic (exact) mass is 256 g/mol. The maximum absolute atomic E-state index is 10.8. The average molecular weight is 256 g/mol. The number of hydrogen-bond donors (Lipinski definition) is 2. The van der Waals surface area contributed by atoms with E-state index in [9.17, 15) is 4.79 Å². The maximum atomic E-state index is 10.8. The van der Waals surface area contributed by atoms with Crippen LogP contribution in [0, 0.1) is 0 Å². The molecule has 0 aliphatic carbocycles. The van der Waals surface area contributed by atoms with Crippen LogP contribution in [-0.2, 0) is 4.79 Å². The minimum absolute atomic E-state index is 0.0605. The van der Waals surface area contributed by atoms with Crippen LogP contribution in [0.5, 0.6) is 0 Å². The molecule has 0 bridgehead atoms. The topological polar surface area (TPSA) is 41.1 Å². The van der Waals surface area contributed by atoms with Crippen molar-refractivity contribution in [3.8, 4) is 0 Å². The molecule has 0 fully saturated rings. The molecule has 108 valence electrons. The second kappa shape index (κ2) is 12.9. The van der Waals surface area contributed by atoms with Gasteiger partial charge in [-0.1, -0.05) is 52.4 Å². The third-order valence-corrected chi connectivity index (χ3v) is 3.24. The first-order chi connectivity index (χ1) is 8.70. The van der Waals surface area contributed by atoms with Crippen LogP contribution in [0.15, 0.2) is 0 Å². The highest BCUT2D eigenvalue weighted by Crippen LogP contribution is 2.10. The van der Waals surface area contributed by atoms with Crippen LogP contribution in [0.1, 0.15) is 72.1 Å². The fraction of sp³-hybridized carbons (Fsp3) is 0.933. The van der Waals surface area contributed by atoms with Crippen molar-refractivity contribution < 1.29 is 4.79 Å². The van der Waals surface area contributed by atoms with Crippen molar-refractivity contribution in [3.63, 3.8) is 0 Å². The second-order valence-electron chi connectivity index (χ2n) is 5.13. The van der Waals surface area contributed by atoms with E-state index >= 15 is 0 Å². The van der Waals surface area contributed by atoms with Gasteiger partial charge in [-0.2, -0.15) is 0 Å². The van der Waals surface area contributed by atoms with Crippen LogP contribution in [-0.4, -0.2) is 25.0 Å². The van der Waals surface area contributed by atoms with Crippen LogP contribution in [0.25, 0.3) is 0 Å². The van der Waals surface area contributed by atoms with E-state index in [1.807, 2.05) is 0 Å². The normalized spacial score (nSPS) is 10.9. The van der Waals surface area contributed by atoms with Gasteiger partial charge >= 0.3 is 0 Å². The molecule has 0 heterocycles. The first kappa shape index (κ1) is 17.4. The van der Waals surface area contributed by atoms with Crippen LogP contribution < -0.4 is 10.6 Å². The lowest BCUT2D eigenvalue weighted by Gasteiger charge is -2.18. The van der Waals surface area contributed by atoms with Crippen molar-refractivity contribution in [2.45, 2.75) is 78.2 Å². The highest BCUT2D eigenvalue weighted by atomic mass is 16.1. The summed E-state index contributed by atoms with van der Waals surface area (Å²) in [7, 11) is 0. The van der Waals surface area contributed by atoms with Crippen molar-refractivity contribution in [2.24, 2.45) is 0 Å². The summed E-state index contributed by atoms with van der Waals surface area (Å²) in [5.74, 6) is 0.0605. The molecule has 0 aliphatic rings. The summed E-state index contributed by atoms with van der Waals surface area (Å²) >= 11 is 0. The van der Waals surface area contributed by atoms with Crippen molar-refractivity contribution in [1.82, 2.24) is 10.6 Å². The molecule has 3 heteroatoms. The Labute approximate surface area is 113 Å². The van der Waals surface area contributed by atoms with Gasteiger partial charge in [0.2, 0.25) is 5.91 Å². The Kier molecular flexibility index (Phi) is 12.5. The molecule has 0 spiro atoms. The zero-order valence-electron chi connectivity index (χ0n) is 12.6. The van der Waals surface area contributed by atoms with Crippen molar-refractivity contribution in [3.05, 3.63) is 0 Å². The minimum atomic E-state index is 0.0605. The van der Waals surface area contributed by atoms with Gasteiger partial charge in [0.15, 0.2) is 0 Å². The van der Waals surface area contributed by atoms with Crippen LogP contribution >= 0.6 is 0 Å². The standard InChI is InChI=1S/C15H32N2O/c1-4-6-8-10-15(11-9-7-5-2)17-13-12-16-14(3)18/h15,17H,4-13H2,1-3H3,(H,16,18). The molecular weight excluding hydrogens is 224 g/mol. The van der Waals surface area contributed by atoms with Gasteiger partial charge in [-0.15, -0.1) is 0 Å². The largest absolute Gasteiger partial charge is 0.355 e. The number of amides is 1. The molecule has 0 saturated heterocycles. The number of rotatable bonds is 12. The summed E-state index contributed by atoms with van der Waals surface area (Å²) in [6.45, 7) is 7.70. The van der Waals surface area contributed by atoms with Gasteiger partial charge in [-0.05, 0) is 12.8 Å². The van der Waals surface area contributed by atoms with E-state index in [1.54, 1.807) is 6.92 Å². The predicted octanol–water partition coefficient (Wildman–Crippen LogP) is 3.24. The number of carbonyl (C=O) groups excluding carboxylic acids is 1. The summed E-state index contributed by atoms with van der Waals surface area (Å²) in [5, 5.41) is 6.41. The zero-order chi connectivity index (χ0) is 13.6. The first-order valence-electron chi connectivity index (χ1n) is 7.68. The minimum Gasteiger partial charge on any atom is -0.355 e. The molecule has 1 amide bonds.